The largest absolute Gasteiger partial charge is 0.481 e. The molecule has 0 bridgehead atoms. The molecule has 0 saturated carbocycles. The van der Waals surface area contributed by atoms with E-state index >= 15 is 0 Å². The Bertz CT molecular complexity index is 105. The van der Waals surface area contributed by atoms with Gasteiger partial charge in [0.1, 0.15) is 0 Å². The van der Waals surface area contributed by atoms with Crippen molar-refractivity contribution < 1.29 is 9.90 Å². The summed E-state index contributed by atoms with van der Waals surface area (Å²) in [5.41, 5.74) is 9.24. The van der Waals surface area contributed by atoms with Crippen LogP contribution in [0.3, 0.4) is 0 Å². The van der Waals surface area contributed by atoms with Crippen LogP contribution in [0.5, 0.6) is 0 Å². The Morgan fingerprint density at radius 2 is 1.70 bits per heavy atom. The van der Waals surface area contributed by atoms with E-state index in [1.807, 2.05) is 0 Å². The van der Waals surface area contributed by atoms with Crippen LogP contribution in [0.4, 0.5) is 0 Å². The van der Waals surface area contributed by atoms with Crippen molar-refractivity contribution >= 4 is 35.7 Å². The van der Waals surface area contributed by atoms with Gasteiger partial charge in [-0.3, -0.25) is 4.79 Å². The Labute approximate surface area is 71.0 Å². The Hall–Kier alpha value is -0.550. The van der Waals surface area contributed by atoms with Gasteiger partial charge in [-0.15, -0.1) is 12.4 Å². The predicted molar refractivity (Wildman–Crippen MR) is 46.1 cm³/mol. The second-order valence-electron chi connectivity index (χ2n) is 1.15. The van der Waals surface area contributed by atoms with Crippen molar-refractivity contribution in [3.05, 3.63) is 0 Å². The molecule has 0 atom stereocenters. The number of carbonyl (C=O) groups is 1. The summed E-state index contributed by atoms with van der Waals surface area (Å²) in [6.07, 6.45) is 0.222. The number of carboxylic acids is 1. The first kappa shape index (κ1) is 16.2. The molecule has 0 aliphatic carbocycles. The number of thiocarbonyl (C=S) groups is 1. The third kappa shape index (κ3) is 147. The molecule has 0 spiro atoms. The Kier molecular flexibility index (Phi) is 18.3. The van der Waals surface area contributed by atoms with Gasteiger partial charge in [-0.2, -0.15) is 0 Å². The number of hydrogen-bond acceptors (Lipinski definition) is 2. The molecule has 0 aromatic heterocycles. The van der Waals surface area contributed by atoms with Crippen molar-refractivity contribution in [2.24, 2.45) is 11.5 Å². The molecule has 0 aromatic carbocycles. The minimum absolute atomic E-state index is 0. The SMILES string of the molecule is CCC(=O)O.Cl.NC(N)=S. The van der Waals surface area contributed by atoms with Gasteiger partial charge >= 0.3 is 5.97 Å². The molecular weight excluding hydrogens is 176 g/mol. The van der Waals surface area contributed by atoms with Gasteiger partial charge in [-0.25, -0.2) is 0 Å². The van der Waals surface area contributed by atoms with Crippen LogP contribution in [0.1, 0.15) is 13.3 Å². The number of halogens is 1. The summed E-state index contributed by atoms with van der Waals surface area (Å²) in [5, 5.41) is 7.72. The number of hydrogen-bond donors (Lipinski definition) is 3. The molecule has 4 nitrogen and oxygen atoms in total. The van der Waals surface area contributed by atoms with Gasteiger partial charge < -0.3 is 16.6 Å². The van der Waals surface area contributed by atoms with Crippen molar-refractivity contribution in [2.75, 3.05) is 0 Å². The molecule has 0 unspecified atom stereocenters. The quantitative estimate of drug-likeness (QED) is 0.505. The fourth-order valence-corrected chi connectivity index (χ4v) is 0. The van der Waals surface area contributed by atoms with E-state index < -0.39 is 5.97 Å². The van der Waals surface area contributed by atoms with Crippen LogP contribution < -0.4 is 11.5 Å². The van der Waals surface area contributed by atoms with Gasteiger partial charge in [0.05, 0.1) is 0 Å². The number of aliphatic carboxylic acids is 1. The van der Waals surface area contributed by atoms with Crippen LogP contribution in [0.25, 0.3) is 0 Å². The second-order valence-corrected chi connectivity index (χ2v) is 1.62. The average molecular weight is 187 g/mol. The predicted octanol–water partition coefficient (Wildman–Crippen LogP) is 0.0915. The van der Waals surface area contributed by atoms with Gasteiger partial charge in [0.25, 0.3) is 0 Å². The minimum atomic E-state index is -0.745. The molecule has 0 fully saturated rings. The molecule has 62 valence electrons. The molecular formula is C4H11ClN2O2S. The molecule has 0 amide bonds. The normalized spacial score (nSPS) is 6.10. The third-order valence-electron chi connectivity index (χ3n) is 0.302. The van der Waals surface area contributed by atoms with Crippen molar-refractivity contribution in [3.8, 4) is 0 Å². The lowest BCUT2D eigenvalue weighted by atomic mass is 10.5. The molecule has 10 heavy (non-hydrogen) atoms. The highest BCUT2D eigenvalue weighted by atomic mass is 35.5. The number of nitrogens with two attached hydrogens (primary N) is 2. The van der Waals surface area contributed by atoms with Gasteiger partial charge in [-0.05, 0) is 12.2 Å². The number of rotatable bonds is 1. The zero-order chi connectivity index (χ0) is 7.86. The van der Waals surface area contributed by atoms with Crippen molar-refractivity contribution in [2.45, 2.75) is 13.3 Å². The first-order valence-electron chi connectivity index (χ1n) is 2.27. The van der Waals surface area contributed by atoms with Gasteiger partial charge in [0.15, 0.2) is 5.11 Å². The van der Waals surface area contributed by atoms with Crippen LogP contribution in [0.2, 0.25) is 0 Å². The molecule has 0 heterocycles. The minimum Gasteiger partial charge on any atom is -0.481 e. The van der Waals surface area contributed by atoms with Gasteiger partial charge in [-0.1, -0.05) is 6.92 Å². The smallest absolute Gasteiger partial charge is 0.303 e. The lowest BCUT2D eigenvalue weighted by Gasteiger charge is -1.71. The summed E-state index contributed by atoms with van der Waals surface area (Å²) < 4.78 is 0. The van der Waals surface area contributed by atoms with E-state index in [0.29, 0.717) is 0 Å². The van der Waals surface area contributed by atoms with E-state index in [1.54, 1.807) is 6.92 Å². The van der Waals surface area contributed by atoms with E-state index in [4.69, 9.17) is 5.11 Å². The fourth-order valence-electron chi connectivity index (χ4n) is 0. The topological polar surface area (TPSA) is 89.3 Å². The van der Waals surface area contributed by atoms with Crippen LogP contribution >= 0.6 is 24.6 Å². The monoisotopic (exact) mass is 186 g/mol. The lowest BCUT2D eigenvalue weighted by molar-refractivity contribution is -0.136. The summed E-state index contributed by atoms with van der Waals surface area (Å²) in [5.74, 6) is -0.745. The molecule has 0 radical (unpaired) electrons. The van der Waals surface area contributed by atoms with Gasteiger partial charge in [0.2, 0.25) is 0 Å². The standard InChI is InChI=1S/C3H6O2.CH4N2S.ClH/c1-2-3(4)5;2-1(3)4;/h2H2,1H3,(H,4,5);(H4,2,3,4);1H. The zero-order valence-corrected chi connectivity index (χ0v) is 7.17. The van der Waals surface area contributed by atoms with Crippen LogP contribution in [-0.2, 0) is 4.79 Å². The first-order chi connectivity index (χ1) is 4.00. The molecule has 6 heteroatoms. The summed E-state index contributed by atoms with van der Waals surface area (Å²) in [6.45, 7) is 1.60. The van der Waals surface area contributed by atoms with E-state index in [2.05, 4.69) is 23.7 Å². The highest BCUT2D eigenvalue weighted by Crippen LogP contribution is 1.67. The molecule has 0 rings (SSSR count). The maximum absolute atomic E-state index is 9.37. The van der Waals surface area contributed by atoms with E-state index in [0.717, 1.165) is 0 Å². The Balaban J connectivity index is -0.0000000910. The van der Waals surface area contributed by atoms with Crippen LogP contribution in [0, 0.1) is 0 Å². The molecule has 0 aliphatic rings. The summed E-state index contributed by atoms with van der Waals surface area (Å²) in [6, 6.07) is 0. The highest BCUT2D eigenvalue weighted by molar-refractivity contribution is 7.80. The van der Waals surface area contributed by atoms with E-state index in [-0.39, 0.29) is 23.9 Å². The van der Waals surface area contributed by atoms with E-state index in [9.17, 15) is 4.79 Å². The maximum Gasteiger partial charge on any atom is 0.303 e. The first-order valence-corrected chi connectivity index (χ1v) is 2.68. The molecule has 5 N–H and O–H groups in total. The Morgan fingerprint density at radius 1 is 1.60 bits per heavy atom. The summed E-state index contributed by atoms with van der Waals surface area (Å²) >= 11 is 4.09. The van der Waals surface area contributed by atoms with Crippen molar-refractivity contribution in [3.63, 3.8) is 0 Å². The fraction of sp³-hybridized carbons (Fsp3) is 0.500. The summed E-state index contributed by atoms with van der Waals surface area (Å²) in [4.78, 5) is 9.37. The Morgan fingerprint density at radius 3 is 1.70 bits per heavy atom. The third-order valence-corrected chi connectivity index (χ3v) is 0.302. The second kappa shape index (κ2) is 11.3. The highest BCUT2D eigenvalue weighted by Gasteiger charge is 1.80. The van der Waals surface area contributed by atoms with Gasteiger partial charge in [0, 0.05) is 6.42 Å². The average Bonchev–Trinajstić information content (AvgIpc) is 1.65. The number of carboxylic acid groups (broad SMARTS) is 1. The van der Waals surface area contributed by atoms with Crippen molar-refractivity contribution in [1.29, 1.82) is 0 Å². The molecule has 0 aliphatic heterocycles. The van der Waals surface area contributed by atoms with Crippen molar-refractivity contribution in [1.82, 2.24) is 0 Å². The molecule has 0 aromatic rings. The van der Waals surface area contributed by atoms with Crippen LogP contribution in [0.15, 0.2) is 0 Å². The molecule has 0 saturated heterocycles. The maximum atomic E-state index is 9.37. The lowest BCUT2D eigenvalue weighted by Crippen LogP contribution is -2.18. The summed E-state index contributed by atoms with van der Waals surface area (Å²) in [7, 11) is 0. The van der Waals surface area contributed by atoms with E-state index in [1.165, 1.54) is 0 Å². The zero-order valence-electron chi connectivity index (χ0n) is 5.53. The van der Waals surface area contributed by atoms with Crippen LogP contribution in [-0.4, -0.2) is 16.2 Å².